The summed E-state index contributed by atoms with van der Waals surface area (Å²) in [6, 6.07) is 5.72. The second-order valence-electron chi connectivity index (χ2n) is 7.99. The average molecular weight is 381 g/mol. The fraction of sp³-hybridized carbons (Fsp3) is 0.421. The number of hydrogen-bond donors (Lipinski definition) is 0. The van der Waals surface area contributed by atoms with Crippen LogP contribution in [0.2, 0.25) is 0 Å². The Morgan fingerprint density at radius 3 is 2.75 bits per heavy atom. The van der Waals surface area contributed by atoms with E-state index in [4.69, 9.17) is 0 Å². The first-order chi connectivity index (χ1) is 13.3. The number of amides is 1. The Bertz CT molecular complexity index is 1060. The first-order valence-corrected chi connectivity index (χ1v) is 9.17. The maximum Gasteiger partial charge on any atom is 0.345 e. The van der Waals surface area contributed by atoms with E-state index in [0.29, 0.717) is 13.1 Å². The molecule has 0 radical (unpaired) electrons. The van der Waals surface area contributed by atoms with Crippen molar-refractivity contribution >= 4 is 5.91 Å². The molecule has 3 aromatic rings. The fourth-order valence-corrected chi connectivity index (χ4v) is 3.63. The van der Waals surface area contributed by atoms with Gasteiger partial charge < -0.3 is 4.90 Å². The molecule has 1 aliphatic heterocycles. The van der Waals surface area contributed by atoms with Crippen LogP contribution in [0.4, 0.5) is 0 Å². The van der Waals surface area contributed by atoms with E-state index in [0.717, 1.165) is 23.5 Å². The lowest BCUT2D eigenvalue weighted by atomic mass is 9.87. The molecular formula is C19H23N7O2. The summed E-state index contributed by atoms with van der Waals surface area (Å²) in [7, 11) is 1.61. The Balaban J connectivity index is 1.64. The van der Waals surface area contributed by atoms with Gasteiger partial charge in [0.25, 0.3) is 0 Å². The standard InChI is InChI=1S/C19H23N7O2/c1-19(2)8-15-14(9-21-26(15)16-6-4-5-7-20-16)10-24(12-19)17(27)11-25-18(28)23(3)13-22-25/h4-7,9,13H,8,10-12H2,1-3H3. The average Bonchev–Trinajstić information content (AvgIpc) is 3.15. The van der Waals surface area contributed by atoms with Crippen LogP contribution in [0.5, 0.6) is 0 Å². The molecule has 3 aromatic heterocycles. The molecule has 146 valence electrons. The lowest BCUT2D eigenvalue weighted by molar-refractivity contribution is -0.134. The SMILES string of the molecule is Cn1cnn(CC(=O)N2Cc3cnn(-c4ccccn4)c3CC(C)(C)C2)c1=O. The third kappa shape index (κ3) is 3.35. The minimum absolute atomic E-state index is 0.0700. The van der Waals surface area contributed by atoms with E-state index in [1.54, 1.807) is 24.3 Å². The summed E-state index contributed by atoms with van der Waals surface area (Å²) in [4.78, 5) is 31.1. The van der Waals surface area contributed by atoms with Gasteiger partial charge in [-0.2, -0.15) is 10.2 Å². The summed E-state index contributed by atoms with van der Waals surface area (Å²) in [6.45, 7) is 5.23. The zero-order chi connectivity index (χ0) is 19.9. The van der Waals surface area contributed by atoms with Crippen LogP contribution in [-0.2, 0) is 31.4 Å². The third-order valence-corrected chi connectivity index (χ3v) is 4.97. The molecule has 0 fully saturated rings. The predicted octanol–water partition coefficient (Wildman–Crippen LogP) is 0.774. The van der Waals surface area contributed by atoms with Crippen LogP contribution in [0, 0.1) is 5.41 Å². The van der Waals surface area contributed by atoms with E-state index in [9.17, 15) is 9.59 Å². The minimum Gasteiger partial charge on any atom is -0.336 e. The van der Waals surface area contributed by atoms with Gasteiger partial charge in [-0.3, -0.25) is 9.36 Å². The van der Waals surface area contributed by atoms with Crippen LogP contribution in [0.3, 0.4) is 0 Å². The number of hydrogen-bond acceptors (Lipinski definition) is 5. The van der Waals surface area contributed by atoms with Gasteiger partial charge >= 0.3 is 5.69 Å². The highest BCUT2D eigenvalue weighted by Crippen LogP contribution is 2.31. The number of aryl methyl sites for hydroxylation is 1. The van der Waals surface area contributed by atoms with Crippen LogP contribution >= 0.6 is 0 Å². The molecule has 9 heteroatoms. The zero-order valence-electron chi connectivity index (χ0n) is 16.2. The van der Waals surface area contributed by atoms with E-state index >= 15 is 0 Å². The molecule has 0 saturated heterocycles. The highest BCUT2D eigenvalue weighted by Gasteiger charge is 2.33. The lowest BCUT2D eigenvalue weighted by Crippen LogP contribution is -2.41. The van der Waals surface area contributed by atoms with Gasteiger partial charge in [0.2, 0.25) is 5.91 Å². The number of fused-ring (bicyclic) bond motifs is 1. The van der Waals surface area contributed by atoms with Gasteiger partial charge in [0, 0.05) is 31.9 Å². The summed E-state index contributed by atoms with van der Waals surface area (Å²) in [5, 5.41) is 8.51. The molecule has 28 heavy (non-hydrogen) atoms. The third-order valence-electron chi connectivity index (χ3n) is 4.97. The highest BCUT2D eigenvalue weighted by atomic mass is 16.2. The van der Waals surface area contributed by atoms with Gasteiger partial charge in [-0.25, -0.2) is 19.1 Å². The minimum atomic E-state index is -0.300. The van der Waals surface area contributed by atoms with Crippen molar-refractivity contribution in [2.24, 2.45) is 12.5 Å². The van der Waals surface area contributed by atoms with Gasteiger partial charge in [-0.1, -0.05) is 19.9 Å². The Hall–Kier alpha value is -3.23. The molecule has 0 N–H and O–H groups in total. The molecule has 1 aliphatic rings. The number of pyridine rings is 1. The normalized spacial score (nSPS) is 15.9. The predicted molar refractivity (Wildman–Crippen MR) is 102 cm³/mol. The monoisotopic (exact) mass is 381 g/mol. The second kappa shape index (κ2) is 6.74. The molecule has 4 rings (SSSR count). The highest BCUT2D eigenvalue weighted by molar-refractivity contribution is 5.76. The van der Waals surface area contributed by atoms with E-state index in [1.807, 2.05) is 22.9 Å². The fourth-order valence-electron chi connectivity index (χ4n) is 3.63. The Morgan fingerprint density at radius 2 is 2.07 bits per heavy atom. The van der Waals surface area contributed by atoms with Crippen LogP contribution in [0.25, 0.3) is 5.82 Å². The van der Waals surface area contributed by atoms with Crippen molar-refractivity contribution in [3.05, 3.63) is 58.7 Å². The van der Waals surface area contributed by atoms with Crippen molar-refractivity contribution in [1.82, 2.24) is 34.0 Å². The second-order valence-corrected chi connectivity index (χ2v) is 7.99. The molecule has 0 saturated carbocycles. The Kier molecular flexibility index (Phi) is 4.37. The molecule has 1 amide bonds. The van der Waals surface area contributed by atoms with E-state index < -0.39 is 0 Å². The molecule has 0 spiro atoms. The quantitative estimate of drug-likeness (QED) is 0.668. The summed E-state index contributed by atoms with van der Waals surface area (Å²) in [5.74, 6) is 0.631. The number of nitrogens with zero attached hydrogens (tertiary/aromatic N) is 7. The topological polar surface area (TPSA) is 90.8 Å². The molecule has 4 heterocycles. The molecule has 9 nitrogen and oxygen atoms in total. The van der Waals surface area contributed by atoms with Crippen molar-refractivity contribution in [1.29, 1.82) is 0 Å². The summed E-state index contributed by atoms with van der Waals surface area (Å²) < 4.78 is 4.40. The van der Waals surface area contributed by atoms with Crippen molar-refractivity contribution in [3.8, 4) is 5.82 Å². The van der Waals surface area contributed by atoms with Crippen LogP contribution in [0.1, 0.15) is 25.1 Å². The van der Waals surface area contributed by atoms with Crippen molar-refractivity contribution in [2.45, 2.75) is 33.4 Å². The van der Waals surface area contributed by atoms with Gasteiger partial charge in [-0.05, 0) is 24.0 Å². The first-order valence-electron chi connectivity index (χ1n) is 9.17. The first kappa shape index (κ1) is 18.1. The largest absolute Gasteiger partial charge is 0.345 e. The number of rotatable bonds is 3. The van der Waals surface area contributed by atoms with E-state index in [-0.39, 0.29) is 23.6 Å². The number of carbonyl (C=O) groups is 1. The Morgan fingerprint density at radius 1 is 1.25 bits per heavy atom. The van der Waals surface area contributed by atoms with E-state index in [2.05, 4.69) is 29.0 Å². The maximum atomic E-state index is 12.9. The zero-order valence-corrected chi connectivity index (χ0v) is 16.2. The smallest absolute Gasteiger partial charge is 0.336 e. The number of carbonyl (C=O) groups excluding carboxylic acids is 1. The molecule has 0 aliphatic carbocycles. The van der Waals surface area contributed by atoms with Crippen LogP contribution < -0.4 is 5.69 Å². The van der Waals surface area contributed by atoms with Gasteiger partial charge in [0.1, 0.15) is 12.9 Å². The molecule has 0 atom stereocenters. The van der Waals surface area contributed by atoms with Gasteiger partial charge in [0.05, 0.1) is 11.9 Å². The summed E-state index contributed by atoms with van der Waals surface area (Å²) in [5.41, 5.74) is 1.61. The molecular weight excluding hydrogens is 358 g/mol. The van der Waals surface area contributed by atoms with Crippen molar-refractivity contribution in [2.75, 3.05) is 6.54 Å². The van der Waals surface area contributed by atoms with Crippen LogP contribution in [-0.4, -0.2) is 46.5 Å². The van der Waals surface area contributed by atoms with E-state index in [1.165, 1.54) is 15.6 Å². The van der Waals surface area contributed by atoms with Crippen molar-refractivity contribution in [3.63, 3.8) is 0 Å². The lowest BCUT2D eigenvalue weighted by Gasteiger charge is -2.29. The van der Waals surface area contributed by atoms with Gasteiger partial charge in [0.15, 0.2) is 5.82 Å². The van der Waals surface area contributed by atoms with Crippen molar-refractivity contribution < 1.29 is 4.79 Å². The molecule has 0 aromatic carbocycles. The number of aromatic nitrogens is 6. The summed E-state index contributed by atoms with van der Waals surface area (Å²) >= 11 is 0. The van der Waals surface area contributed by atoms with Crippen LogP contribution in [0.15, 0.2) is 41.7 Å². The Labute approximate surface area is 162 Å². The van der Waals surface area contributed by atoms with Gasteiger partial charge in [-0.15, -0.1) is 0 Å². The maximum absolute atomic E-state index is 12.9. The molecule has 0 unspecified atom stereocenters. The summed E-state index contributed by atoms with van der Waals surface area (Å²) in [6.07, 6.45) is 5.73. The molecule has 0 bridgehead atoms.